The van der Waals surface area contributed by atoms with Gasteiger partial charge in [-0.1, -0.05) is 26.2 Å². The fourth-order valence-electron chi connectivity index (χ4n) is 2.54. The Balaban J connectivity index is 1.89. The number of carbonyl (C=O) groups excluding carboxylic acids is 1. The Kier molecular flexibility index (Phi) is 4.35. The predicted octanol–water partition coefficient (Wildman–Crippen LogP) is 2.22. The van der Waals surface area contributed by atoms with Crippen LogP contribution >= 0.6 is 0 Å². The minimum absolute atomic E-state index is 0.137. The minimum atomic E-state index is -0.137. The zero-order valence-corrected chi connectivity index (χ0v) is 11.7. The van der Waals surface area contributed by atoms with Crippen molar-refractivity contribution in [3.05, 3.63) is 18.1 Å². The van der Waals surface area contributed by atoms with Crippen LogP contribution in [0.2, 0.25) is 0 Å². The van der Waals surface area contributed by atoms with Crippen molar-refractivity contribution in [2.45, 2.75) is 39.0 Å². The van der Waals surface area contributed by atoms with Crippen LogP contribution in [0.25, 0.3) is 0 Å². The SMILES string of the molecule is CNc1cnc(C(=O)NCC2(C)CCCCC2)cn1. The Bertz CT molecular complexity index is 424. The molecular weight excluding hydrogens is 240 g/mol. The fourth-order valence-corrected chi connectivity index (χ4v) is 2.54. The van der Waals surface area contributed by atoms with Gasteiger partial charge in [0.1, 0.15) is 11.5 Å². The standard InChI is InChI=1S/C14H22N4O/c1-14(6-4-3-5-7-14)10-18-13(19)11-8-17-12(15-2)9-16-11/h8-9H,3-7,10H2,1-2H3,(H,15,17)(H,18,19). The molecule has 0 bridgehead atoms. The summed E-state index contributed by atoms with van der Waals surface area (Å²) in [5, 5.41) is 5.86. The molecule has 1 amide bonds. The average Bonchev–Trinajstić information content (AvgIpc) is 2.46. The first kappa shape index (κ1) is 13.8. The molecule has 5 heteroatoms. The lowest BCUT2D eigenvalue weighted by molar-refractivity contribution is 0.0914. The van der Waals surface area contributed by atoms with Crippen LogP contribution in [0.4, 0.5) is 5.82 Å². The van der Waals surface area contributed by atoms with E-state index in [-0.39, 0.29) is 11.3 Å². The number of amides is 1. The first-order chi connectivity index (χ1) is 9.13. The molecule has 104 valence electrons. The largest absolute Gasteiger partial charge is 0.372 e. The highest BCUT2D eigenvalue weighted by molar-refractivity contribution is 5.92. The molecule has 2 rings (SSSR count). The van der Waals surface area contributed by atoms with Crippen molar-refractivity contribution in [1.29, 1.82) is 0 Å². The molecule has 1 aliphatic carbocycles. The van der Waals surface area contributed by atoms with Crippen LogP contribution in [0.1, 0.15) is 49.5 Å². The van der Waals surface area contributed by atoms with E-state index in [1.54, 1.807) is 13.2 Å². The van der Waals surface area contributed by atoms with Crippen molar-refractivity contribution in [3.63, 3.8) is 0 Å². The molecule has 19 heavy (non-hydrogen) atoms. The zero-order chi connectivity index (χ0) is 13.7. The fraction of sp³-hybridized carbons (Fsp3) is 0.643. The van der Waals surface area contributed by atoms with Gasteiger partial charge in [-0.25, -0.2) is 9.97 Å². The second kappa shape index (κ2) is 5.99. The number of anilines is 1. The molecule has 0 aromatic carbocycles. The van der Waals surface area contributed by atoms with Gasteiger partial charge in [-0.3, -0.25) is 4.79 Å². The lowest BCUT2D eigenvalue weighted by Gasteiger charge is -2.33. The molecule has 2 N–H and O–H groups in total. The average molecular weight is 262 g/mol. The molecule has 1 aliphatic rings. The number of hydrogen-bond acceptors (Lipinski definition) is 4. The summed E-state index contributed by atoms with van der Waals surface area (Å²) in [5.74, 6) is 0.526. The monoisotopic (exact) mass is 262 g/mol. The molecule has 1 saturated carbocycles. The van der Waals surface area contributed by atoms with E-state index in [0.717, 1.165) is 6.54 Å². The van der Waals surface area contributed by atoms with Gasteiger partial charge in [-0.05, 0) is 18.3 Å². The maximum Gasteiger partial charge on any atom is 0.271 e. The van der Waals surface area contributed by atoms with Gasteiger partial charge in [0, 0.05) is 13.6 Å². The second-order valence-corrected chi connectivity index (χ2v) is 5.59. The van der Waals surface area contributed by atoms with Crippen LogP contribution in [0.15, 0.2) is 12.4 Å². The number of carbonyl (C=O) groups is 1. The third kappa shape index (κ3) is 3.66. The van der Waals surface area contributed by atoms with Crippen LogP contribution in [0.3, 0.4) is 0 Å². The molecule has 1 fully saturated rings. The van der Waals surface area contributed by atoms with E-state index < -0.39 is 0 Å². The number of hydrogen-bond donors (Lipinski definition) is 2. The highest BCUT2D eigenvalue weighted by Crippen LogP contribution is 2.34. The van der Waals surface area contributed by atoms with Gasteiger partial charge in [0.15, 0.2) is 0 Å². The van der Waals surface area contributed by atoms with Gasteiger partial charge in [0.05, 0.1) is 12.4 Å². The van der Waals surface area contributed by atoms with Crippen LogP contribution in [0.5, 0.6) is 0 Å². The van der Waals surface area contributed by atoms with Gasteiger partial charge in [0.2, 0.25) is 0 Å². The summed E-state index contributed by atoms with van der Waals surface area (Å²) < 4.78 is 0. The van der Waals surface area contributed by atoms with Gasteiger partial charge in [0.25, 0.3) is 5.91 Å². The van der Waals surface area contributed by atoms with Crippen molar-refractivity contribution in [2.75, 3.05) is 18.9 Å². The third-order valence-electron chi connectivity index (χ3n) is 3.88. The second-order valence-electron chi connectivity index (χ2n) is 5.59. The lowest BCUT2D eigenvalue weighted by Crippen LogP contribution is -2.37. The van der Waals surface area contributed by atoms with Crippen molar-refractivity contribution in [2.24, 2.45) is 5.41 Å². The molecule has 5 nitrogen and oxygen atoms in total. The Morgan fingerprint density at radius 2 is 2.00 bits per heavy atom. The summed E-state index contributed by atoms with van der Waals surface area (Å²) in [6, 6.07) is 0. The molecule has 0 unspecified atom stereocenters. The van der Waals surface area contributed by atoms with Crippen molar-refractivity contribution in [3.8, 4) is 0 Å². The maximum atomic E-state index is 12.0. The van der Waals surface area contributed by atoms with Gasteiger partial charge in [-0.15, -0.1) is 0 Å². The summed E-state index contributed by atoms with van der Waals surface area (Å²) >= 11 is 0. The summed E-state index contributed by atoms with van der Waals surface area (Å²) in [4.78, 5) is 20.2. The first-order valence-electron chi connectivity index (χ1n) is 6.91. The van der Waals surface area contributed by atoms with E-state index in [9.17, 15) is 4.79 Å². The Hall–Kier alpha value is -1.65. The van der Waals surface area contributed by atoms with Crippen molar-refractivity contribution >= 4 is 11.7 Å². The number of aromatic nitrogens is 2. The molecule has 0 radical (unpaired) electrons. The highest BCUT2D eigenvalue weighted by Gasteiger charge is 2.27. The number of nitrogens with one attached hydrogen (secondary N) is 2. The zero-order valence-electron chi connectivity index (χ0n) is 11.7. The quantitative estimate of drug-likeness (QED) is 0.873. The summed E-state index contributed by atoms with van der Waals surface area (Å²) in [6.45, 7) is 2.98. The summed E-state index contributed by atoms with van der Waals surface area (Å²) in [6.07, 6.45) is 9.31. The van der Waals surface area contributed by atoms with Crippen LogP contribution in [-0.4, -0.2) is 29.5 Å². The lowest BCUT2D eigenvalue weighted by atomic mass is 9.76. The molecule has 0 saturated heterocycles. The Morgan fingerprint density at radius 1 is 1.26 bits per heavy atom. The summed E-state index contributed by atoms with van der Waals surface area (Å²) in [7, 11) is 1.77. The van der Waals surface area contributed by atoms with E-state index >= 15 is 0 Å². The van der Waals surface area contributed by atoms with E-state index in [0.29, 0.717) is 11.5 Å². The van der Waals surface area contributed by atoms with Gasteiger partial charge >= 0.3 is 0 Å². The highest BCUT2D eigenvalue weighted by atomic mass is 16.1. The molecule has 1 aromatic rings. The maximum absolute atomic E-state index is 12.0. The summed E-state index contributed by atoms with van der Waals surface area (Å²) in [5.41, 5.74) is 0.616. The van der Waals surface area contributed by atoms with Gasteiger partial charge < -0.3 is 10.6 Å². The van der Waals surface area contributed by atoms with Gasteiger partial charge in [-0.2, -0.15) is 0 Å². The smallest absolute Gasteiger partial charge is 0.271 e. The normalized spacial score (nSPS) is 17.8. The van der Waals surface area contributed by atoms with Crippen molar-refractivity contribution in [1.82, 2.24) is 15.3 Å². The molecule has 0 aliphatic heterocycles. The minimum Gasteiger partial charge on any atom is -0.372 e. The topological polar surface area (TPSA) is 66.9 Å². The molecule has 1 heterocycles. The van der Waals surface area contributed by atoms with E-state index in [2.05, 4.69) is 27.5 Å². The molecule has 0 atom stereocenters. The van der Waals surface area contributed by atoms with Crippen LogP contribution < -0.4 is 10.6 Å². The third-order valence-corrected chi connectivity index (χ3v) is 3.88. The number of rotatable bonds is 4. The molecule has 1 aromatic heterocycles. The van der Waals surface area contributed by atoms with Crippen molar-refractivity contribution < 1.29 is 4.79 Å². The Morgan fingerprint density at radius 3 is 2.58 bits per heavy atom. The molecule has 0 spiro atoms. The Labute approximate surface area is 114 Å². The van der Waals surface area contributed by atoms with E-state index in [1.165, 1.54) is 38.3 Å². The van der Waals surface area contributed by atoms with Crippen LogP contribution in [0, 0.1) is 5.41 Å². The van der Waals surface area contributed by atoms with E-state index in [4.69, 9.17) is 0 Å². The molecular formula is C14H22N4O. The van der Waals surface area contributed by atoms with Crippen LogP contribution in [-0.2, 0) is 0 Å². The number of nitrogens with zero attached hydrogens (tertiary/aromatic N) is 2. The van der Waals surface area contributed by atoms with E-state index in [1.807, 2.05) is 0 Å². The first-order valence-corrected chi connectivity index (χ1v) is 6.91. The predicted molar refractivity (Wildman–Crippen MR) is 75.1 cm³/mol.